The van der Waals surface area contributed by atoms with Crippen LogP contribution in [0.2, 0.25) is 0 Å². The Kier molecular flexibility index (Phi) is 3.50. The molecule has 0 spiro atoms. The Morgan fingerprint density at radius 2 is 2.14 bits per heavy atom. The molecule has 0 radical (unpaired) electrons. The van der Waals surface area contributed by atoms with Gasteiger partial charge in [0.25, 0.3) is 5.91 Å². The highest BCUT2D eigenvalue weighted by atomic mass is 19.1. The van der Waals surface area contributed by atoms with Crippen molar-refractivity contribution in [2.75, 3.05) is 12.4 Å². The minimum atomic E-state index is -0.402. The number of carbonyl (C=O) groups is 1. The van der Waals surface area contributed by atoms with Gasteiger partial charge >= 0.3 is 0 Å². The molecule has 0 fully saturated rings. The lowest BCUT2D eigenvalue weighted by Gasteiger charge is -2.08. The summed E-state index contributed by atoms with van der Waals surface area (Å²) in [6, 6.07) is 6.47. The second kappa shape index (κ2) is 5.48. The summed E-state index contributed by atoms with van der Waals surface area (Å²) in [7, 11) is 1.50. The van der Waals surface area contributed by atoms with Gasteiger partial charge in [0, 0.05) is 19.4 Å². The third-order valence-corrected chi connectivity index (χ3v) is 3.31. The number of anilines is 2. The third kappa shape index (κ3) is 2.39. The molecule has 0 atom stereocenters. The molecule has 6 heteroatoms. The Morgan fingerprint density at radius 1 is 1.32 bits per heavy atom. The van der Waals surface area contributed by atoms with Gasteiger partial charge in [-0.1, -0.05) is 6.07 Å². The predicted octanol–water partition coefficient (Wildman–Crippen LogP) is 3.38. The number of carbonyl (C=O) groups excluding carboxylic acids is 1. The average Bonchev–Trinajstić information content (AvgIpc) is 2.88. The first-order valence-corrected chi connectivity index (χ1v) is 6.72. The highest BCUT2D eigenvalue weighted by Crippen LogP contribution is 2.33. The van der Waals surface area contributed by atoms with Gasteiger partial charge in [0.2, 0.25) is 5.76 Å². The number of nitrogens with zero attached hydrogens (tertiary/aromatic N) is 1. The van der Waals surface area contributed by atoms with Crippen molar-refractivity contribution in [3.63, 3.8) is 0 Å². The van der Waals surface area contributed by atoms with Gasteiger partial charge in [0.05, 0.1) is 11.1 Å². The van der Waals surface area contributed by atoms with Crippen LogP contribution in [0, 0.1) is 12.7 Å². The number of rotatable bonds is 3. The molecule has 0 saturated heterocycles. The number of aromatic nitrogens is 1. The van der Waals surface area contributed by atoms with Crippen molar-refractivity contribution in [2.24, 2.45) is 0 Å². The Labute approximate surface area is 126 Å². The number of benzene rings is 1. The number of pyridine rings is 1. The SMILES string of the molecule is CNC(=O)c1oc2ccncc2c1Nc1ccc(C)cc1F. The van der Waals surface area contributed by atoms with Crippen molar-refractivity contribution >= 4 is 28.3 Å². The monoisotopic (exact) mass is 299 g/mol. The van der Waals surface area contributed by atoms with Crippen LogP contribution in [0.3, 0.4) is 0 Å². The fourth-order valence-electron chi connectivity index (χ4n) is 2.20. The van der Waals surface area contributed by atoms with Crippen LogP contribution in [-0.2, 0) is 0 Å². The van der Waals surface area contributed by atoms with E-state index >= 15 is 0 Å². The van der Waals surface area contributed by atoms with E-state index in [9.17, 15) is 9.18 Å². The number of aryl methyl sites for hydroxylation is 1. The molecule has 0 aliphatic heterocycles. The standard InChI is InChI=1S/C16H14FN3O2/c1-9-3-4-12(11(17)7-9)20-14-10-8-19-6-5-13(10)22-15(14)16(21)18-2/h3-8,20H,1-2H3,(H,18,21). The van der Waals surface area contributed by atoms with Gasteiger partial charge in [0.15, 0.2) is 0 Å². The fourth-order valence-corrected chi connectivity index (χ4v) is 2.20. The van der Waals surface area contributed by atoms with E-state index in [0.717, 1.165) is 5.56 Å². The molecule has 0 unspecified atom stereocenters. The van der Waals surface area contributed by atoms with Gasteiger partial charge in [-0.05, 0) is 30.7 Å². The van der Waals surface area contributed by atoms with E-state index in [1.165, 1.54) is 13.1 Å². The number of furan rings is 1. The van der Waals surface area contributed by atoms with E-state index in [2.05, 4.69) is 15.6 Å². The minimum absolute atomic E-state index is 0.0884. The first kappa shape index (κ1) is 14.1. The number of hydrogen-bond donors (Lipinski definition) is 2. The number of amides is 1. The summed E-state index contributed by atoms with van der Waals surface area (Å²) < 4.78 is 19.6. The van der Waals surface area contributed by atoms with Crippen LogP contribution in [0.5, 0.6) is 0 Å². The molecule has 2 N–H and O–H groups in total. The molecule has 0 saturated carbocycles. The summed E-state index contributed by atoms with van der Waals surface area (Å²) in [6.45, 7) is 1.81. The van der Waals surface area contributed by atoms with Crippen molar-refractivity contribution in [3.05, 3.63) is 53.8 Å². The van der Waals surface area contributed by atoms with Crippen molar-refractivity contribution < 1.29 is 13.6 Å². The summed E-state index contributed by atoms with van der Waals surface area (Å²) >= 11 is 0. The minimum Gasteiger partial charge on any atom is -0.448 e. The van der Waals surface area contributed by atoms with Crippen LogP contribution in [0.4, 0.5) is 15.8 Å². The summed E-state index contributed by atoms with van der Waals surface area (Å²) in [4.78, 5) is 16.0. The van der Waals surface area contributed by atoms with Crippen molar-refractivity contribution in [1.29, 1.82) is 0 Å². The number of nitrogens with one attached hydrogen (secondary N) is 2. The van der Waals surface area contributed by atoms with Gasteiger partial charge in [-0.3, -0.25) is 9.78 Å². The first-order chi connectivity index (χ1) is 10.6. The van der Waals surface area contributed by atoms with Gasteiger partial charge in [-0.15, -0.1) is 0 Å². The molecule has 112 valence electrons. The van der Waals surface area contributed by atoms with Crippen LogP contribution in [0.25, 0.3) is 11.0 Å². The Hall–Kier alpha value is -2.89. The van der Waals surface area contributed by atoms with Gasteiger partial charge in [0.1, 0.15) is 17.1 Å². The van der Waals surface area contributed by atoms with Crippen molar-refractivity contribution in [2.45, 2.75) is 6.92 Å². The number of halogens is 1. The average molecular weight is 299 g/mol. The maximum absolute atomic E-state index is 14.0. The molecule has 3 aromatic rings. The molecule has 2 heterocycles. The molecule has 0 bridgehead atoms. The third-order valence-electron chi connectivity index (χ3n) is 3.31. The second-order valence-corrected chi connectivity index (χ2v) is 4.87. The highest BCUT2D eigenvalue weighted by molar-refractivity contribution is 6.06. The lowest BCUT2D eigenvalue weighted by atomic mass is 10.2. The summed E-state index contributed by atoms with van der Waals surface area (Å²) in [5, 5.41) is 6.05. The maximum Gasteiger partial charge on any atom is 0.288 e. The van der Waals surface area contributed by atoms with E-state index in [1.807, 2.05) is 0 Å². The van der Waals surface area contributed by atoms with E-state index in [0.29, 0.717) is 16.7 Å². The summed E-state index contributed by atoms with van der Waals surface area (Å²) in [5.41, 5.74) is 1.98. The van der Waals surface area contributed by atoms with Crippen LogP contribution < -0.4 is 10.6 Å². The smallest absolute Gasteiger partial charge is 0.288 e. The zero-order valence-electron chi connectivity index (χ0n) is 12.1. The molecule has 3 rings (SSSR count). The largest absolute Gasteiger partial charge is 0.448 e. The normalized spacial score (nSPS) is 10.7. The summed E-state index contributed by atoms with van der Waals surface area (Å²) in [6.07, 6.45) is 3.13. The van der Waals surface area contributed by atoms with Crippen LogP contribution in [0.1, 0.15) is 16.1 Å². The van der Waals surface area contributed by atoms with Gasteiger partial charge in [-0.2, -0.15) is 0 Å². The fraction of sp³-hybridized carbons (Fsp3) is 0.125. The Bertz CT molecular complexity index is 858. The van der Waals surface area contributed by atoms with Crippen LogP contribution in [-0.4, -0.2) is 17.9 Å². The summed E-state index contributed by atoms with van der Waals surface area (Å²) in [5.74, 6) is -0.710. The Balaban J connectivity index is 2.14. The molecule has 0 aliphatic rings. The molecule has 1 aromatic carbocycles. The van der Waals surface area contributed by atoms with Gasteiger partial charge < -0.3 is 15.1 Å². The zero-order chi connectivity index (χ0) is 15.7. The molecule has 1 amide bonds. The van der Waals surface area contributed by atoms with E-state index < -0.39 is 11.7 Å². The lowest BCUT2D eigenvalue weighted by Crippen LogP contribution is -2.18. The topological polar surface area (TPSA) is 67.2 Å². The number of fused-ring (bicyclic) bond motifs is 1. The zero-order valence-corrected chi connectivity index (χ0v) is 12.1. The maximum atomic E-state index is 14.0. The highest BCUT2D eigenvalue weighted by Gasteiger charge is 2.20. The van der Waals surface area contributed by atoms with Crippen LogP contribution >= 0.6 is 0 Å². The van der Waals surface area contributed by atoms with E-state index in [4.69, 9.17) is 4.42 Å². The molecule has 0 aliphatic carbocycles. The first-order valence-electron chi connectivity index (χ1n) is 6.72. The predicted molar refractivity (Wildman–Crippen MR) is 81.8 cm³/mol. The quantitative estimate of drug-likeness (QED) is 0.778. The molecular formula is C16H14FN3O2. The Morgan fingerprint density at radius 3 is 2.86 bits per heavy atom. The second-order valence-electron chi connectivity index (χ2n) is 4.87. The van der Waals surface area contributed by atoms with Crippen LogP contribution in [0.15, 0.2) is 41.1 Å². The lowest BCUT2D eigenvalue weighted by molar-refractivity contribution is 0.0939. The van der Waals surface area contributed by atoms with Crippen molar-refractivity contribution in [3.8, 4) is 0 Å². The van der Waals surface area contributed by atoms with Gasteiger partial charge in [-0.25, -0.2) is 4.39 Å². The van der Waals surface area contributed by atoms with E-state index in [1.54, 1.807) is 37.5 Å². The molecule has 5 nitrogen and oxygen atoms in total. The molecular weight excluding hydrogens is 285 g/mol. The van der Waals surface area contributed by atoms with E-state index in [-0.39, 0.29) is 11.4 Å². The van der Waals surface area contributed by atoms with Crippen molar-refractivity contribution in [1.82, 2.24) is 10.3 Å². The molecule has 22 heavy (non-hydrogen) atoms. The molecule has 2 aromatic heterocycles. The number of hydrogen-bond acceptors (Lipinski definition) is 4.